The number of aryl methyl sites for hydroxylation is 1. The van der Waals surface area contributed by atoms with Gasteiger partial charge in [0.1, 0.15) is 18.2 Å². The maximum absolute atomic E-state index is 12.9. The number of benzene rings is 2. The Balaban J connectivity index is 2.05. The molecule has 0 unspecified atom stereocenters. The molecule has 0 spiro atoms. The van der Waals surface area contributed by atoms with Gasteiger partial charge < -0.3 is 9.47 Å². The molecule has 0 amide bonds. The molecule has 130 valence electrons. The molecule has 0 radical (unpaired) electrons. The van der Waals surface area contributed by atoms with Gasteiger partial charge in [-0.05, 0) is 48.4 Å². The number of hydrogen-bond donors (Lipinski definition) is 1. The fourth-order valence-corrected chi connectivity index (χ4v) is 3.15. The minimum absolute atomic E-state index is 0.0910. The van der Waals surface area contributed by atoms with Gasteiger partial charge in [-0.15, -0.1) is 0 Å². The van der Waals surface area contributed by atoms with Gasteiger partial charge in [0, 0.05) is 13.7 Å². The quantitative estimate of drug-likeness (QED) is 0.741. The number of ether oxygens (including phenoxy) is 2. The molecular weight excluding hydrogens is 333 g/mol. The van der Waals surface area contributed by atoms with Crippen LogP contribution < -0.4 is 9.46 Å². The lowest BCUT2D eigenvalue weighted by Gasteiger charge is -2.11. The summed E-state index contributed by atoms with van der Waals surface area (Å²) in [7, 11) is -2.07. The lowest BCUT2D eigenvalue weighted by molar-refractivity contribution is 0.146. The van der Waals surface area contributed by atoms with Gasteiger partial charge in [-0.1, -0.05) is 12.1 Å². The van der Waals surface area contributed by atoms with Gasteiger partial charge in [-0.3, -0.25) is 0 Å². The molecular formula is C17H20FNO4S. The molecule has 2 rings (SSSR count). The van der Waals surface area contributed by atoms with E-state index in [0.29, 0.717) is 24.5 Å². The maximum Gasteiger partial charge on any atom is 0.240 e. The minimum Gasteiger partial charge on any atom is -0.491 e. The molecule has 0 aliphatic carbocycles. The molecule has 0 aromatic heterocycles. The Morgan fingerprint density at radius 1 is 1.08 bits per heavy atom. The Kier molecular flexibility index (Phi) is 6.30. The lowest BCUT2D eigenvalue weighted by Crippen LogP contribution is -2.23. The first-order valence-corrected chi connectivity index (χ1v) is 8.87. The molecule has 2 aromatic carbocycles. The Morgan fingerprint density at radius 2 is 1.79 bits per heavy atom. The number of sulfonamides is 1. The van der Waals surface area contributed by atoms with E-state index in [1.807, 2.05) is 0 Å². The van der Waals surface area contributed by atoms with E-state index in [9.17, 15) is 12.8 Å². The van der Waals surface area contributed by atoms with E-state index in [1.54, 1.807) is 26.2 Å². The molecule has 1 N–H and O–H groups in total. The zero-order valence-corrected chi connectivity index (χ0v) is 14.4. The number of methoxy groups -OCH3 is 1. The molecule has 5 nitrogen and oxygen atoms in total. The summed E-state index contributed by atoms with van der Waals surface area (Å²) in [6.07, 6.45) is 0. The third-order valence-corrected chi connectivity index (χ3v) is 4.78. The lowest BCUT2D eigenvalue weighted by atomic mass is 10.2. The van der Waals surface area contributed by atoms with Gasteiger partial charge in [-0.25, -0.2) is 17.5 Å². The molecule has 24 heavy (non-hydrogen) atoms. The predicted molar refractivity (Wildman–Crippen MR) is 89.0 cm³/mol. The Hall–Kier alpha value is -1.96. The average Bonchev–Trinajstić information content (AvgIpc) is 2.56. The minimum atomic E-state index is -3.66. The van der Waals surface area contributed by atoms with Gasteiger partial charge in [0.2, 0.25) is 10.0 Å². The molecule has 0 saturated carbocycles. The van der Waals surface area contributed by atoms with Crippen LogP contribution in [-0.4, -0.2) is 28.7 Å². The van der Waals surface area contributed by atoms with Crippen LogP contribution in [0.3, 0.4) is 0 Å². The molecule has 0 fully saturated rings. The first kappa shape index (κ1) is 18.4. The van der Waals surface area contributed by atoms with Crippen molar-refractivity contribution in [3.05, 3.63) is 59.4 Å². The molecule has 0 saturated heterocycles. The second kappa shape index (κ2) is 8.23. The standard InChI is InChI=1S/C17H20FNO4S/c1-13-11-16(7-8-17(13)23-10-9-22-2)24(20,21)19-12-14-3-5-15(18)6-4-14/h3-8,11,19H,9-10,12H2,1-2H3. The second-order valence-electron chi connectivity index (χ2n) is 5.22. The highest BCUT2D eigenvalue weighted by atomic mass is 32.2. The molecule has 0 bridgehead atoms. The largest absolute Gasteiger partial charge is 0.491 e. The van der Waals surface area contributed by atoms with Crippen molar-refractivity contribution in [1.82, 2.24) is 4.72 Å². The fraction of sp³-hybridized carbons (Fsp3) is 0.294. The Labute approximate surface area is 141 Å². The van der Waals surface area contributed by atoms with Crippen molar-refractivity contribution in [2.24, 2.45) is 0 Å². The number of hydrogen-bond acceptors (Lipinski definition) is 4. The average molecular weight is 353 g/mol. The van der Waals surface area contributed by atoms with Crippen LogP contribution in [0, 0.1) is 12.7 Å². The monoisotopic (exact) mass is 353 g/mol. The van der Waals surface area contributed by atoms with Gasteiger partial charge in [0.15, 0.2) is 0 Å². The smallest absolute Gasteiger partial charge is 0.240 e. The summed E-state index contributed by atoms with van der Waals surface area (Å²) in [5.41, 5.74) is 1.40. The topological polar surface area (TPSA) is 64.6 Å². The molecule has 7 heteroatoms. The molecule has 0 aliphatic rings. The number of nitrogens with one attached hydrogen (secondary N) is 1. The van der Waals surface area contributed by atoms with Crippen LogP contribution in [0.1, 0.15) is 11.1 Å². The fourth-order valence-electron chi connectivity index (χ4n) is 2.05. The van der Waals surface area contributed by atoms with E-state index in [2.05, 4.69) is 4.72 Å². The van der Waals surface area contributed by atoms with Crippen molar-refractivity contribution in [2.75, 3.05) is 20.3 Å². The van der Waals surface area contributed by atoms with E-state index < -0.39 is 10.0 Å². The van der Waals surface area contributed by atoms with Crippen molar-refractivity contribution in [3.63, 3.8) is 0 Å². The SMILES string of the molecule is COCCOc1ccc(S(=O)(=O)NCc2ccc(F)cc2)cc1C. The van der Waals surface area contributed by atoms with Crippen LogP contribution >= 0.6 is 0 Å². The number of rotatable bonds is 8. The summed E-state index contributed by atoms with van der Waals surface area (Å²) in [5, 5.41) is 0. The van der Waals surface area contributed by atoms with Gasteiger partial charge in [-0.2, -0.15) is 0 Å². The predicted octanol–water partition coefficient (Wildman–Crippen LogP) is 2.64. The van der Waals surface area contributed by atoms with Crippen molar-refractivity contribution in [1.29, 1.82) is 0 Å². The number of halogens is 1. The van der Waals surface area contributed by atoms with Crippen LogP contribution in [0.5, 0.6) is 5.75 Å². The Bertz CT molecular complexity index is 776. The van der Waals surface area contributed by atoms with Gasteiger partial charge in [0.05, 0.1) is 11.5 Å². The molecule has 0 heterocycles. The second-order valence-corrected chi connectivity index (χ2v) is 6.99. The van der Waals surface area contributed by atoms with Crippen LogP contribution in [-0.2, 0) is 21.3 Å². The highest BCUT2D eigenvalue weighted by Gasteiger charge is 2.15. The molecule has 0 atom stereocenters. The summed E-state index contributed by atoms with van der Waals surface area (Å²) < 4.78 is 50.5. The summed E-state index contributed by atoms with van der Waals surface area (Å²) in [6.45, 7) is 2.72. The van der Waals surface area contributed by atoms with Crippen LogP contribution in [0.2, 0.25) is 0 Å². The molecule has 0 aliphatic heterocycles. The van der Waals surface area contributed by atoms with E-state index in [0.717, 1.165) is 5.56 Å². The van der Waals surface area contributed by atoms with Crippen LogP contribution in [0.25, 0.3) is 0 Å². The summed E-state index contributed by atoms with van der Waals surface area (Å²) in [6, 6.07) is 10.3. The highest BCUT2D eigenvalue weighted by Crippen LogP contribution is 2.22. The van der Waals surface area contributed by atoms with Crippen molar-refractivity contribution >= 4 is 10.0 Å². The van der Waals surface area contributed by atoms with E-state index >= 15 is 0 Å². The first-order valence-electron chi connectivity index (χ1n) is 7.39. The van der Waals surface area contributed by atoms with Crippen LogP contribution in [0.15, 0.2) is 47.4 Å². The Morgan fingerprint density at radius 3 is 2.42 bits per heavy atom. The van der Waals surface area contributed by atoms with E-state index in [-0.39, 0.29) is 17.3 Å². The third kappa shape index (κ3) is 5.02. The van der Waals surface area contributed by atoms with Gasteiger partial charge >= 0.3 is 0 Å². The summed E-state index contributed by atoms with van der Waals surface area (Å²) in [5.74, 6) is 0.255. The first-order chi connectivity index (χ1) is 11.4. The molecule has 2 aromatic rings. The maximum atomic E-state index is 12.9. The van der Waals surface area contributed by atoms with Crippen molar-refractivity contribution in [2.45, 2.75) is 18.4 Å². The summed E-state index contributed by atoms with van der Waals surface area (Å²) in [4.78, 5) is 0.154. The van der Waals surface area contributed by atoms with Crippen LogP contribution in [0.4, 0.5) is 4.39 Å². The zero-order chi connectivity index (χ0) is 17.6. The summed E-state index contributed by atoms with van der Waals surface area (Å²) >= 11 is 0. The van der Waals surface area contributed by atoms with E-state index in [1.165, 1.54) is 30.3 Å². The third-order valence-electron chi connectivity index (χ3n) is 3.38. The van der Waals surface area contributed by atoms with E-state index in [4.69, 9.17) is 9.47 Å². The van der Waals surface area contributed by atoms with Gasteiger partial charge in [0.25, 0.3) is 0 Å². The highest BCUT2D eigenvalue weighted by molar-refractivity contribution is 7.89. The zero-order valence-electron chi connectivity index (χ0n) is 13.6. The normalized spacial score (nSPS) is 11.5. The van der Waals surface area contributed by atoms with Crippen molar-refractivity contribution in [3.8, 4) is 5.75 Å². The van der Waals surface area contributed by atoms with Crippen molar-refractivity contribution < 1.29 is 22.3 Å².